The maximum Gasteiger partial charge on any atom is 0.210 e. The van der Waals surface area contributed by atoms with Gasteiger partial charge in [0, 0.05) is 19.6 Å². The van der Waals surface area contributed by atoms with Gasteiger partial charge in [-0.3, -0.25) is 9.69 Å². The third kappa shape index (κ3) is 3.85. The number of hydrogen-bond donors (Lipinski definition) is 1. The Morgan fingerprint density at radius 2 is 2.23 bits per heavy atom. The molecule has 0 saturated carbocycles. The Hall–Kier alpha value is -1.43. The summed E-state index contributed by atoms with van der Waals surface area (Å²) in [7, 11) is 1.97. The van der Waals surface area contributed by atoms with Crippen LogP contribution in [0.25, 0.3) is 0 Å². The van der Waals surface area contributed by atoms with Crippen LogP contribution in [0.15, 0.2) is 24.3 Å². The fourth-order valence-corrected chi connectivity index (χ4v) is 2.88. The molecule has 22 heavy (non-hydrogen) atoms. The Morgan fingerprint density at radius 1 is 1.45 bits per heavy atom. The van der Waals surface area contributed by atoms with Crippen molar-refractivity contribution < 1.29 is 14.6 Å². The van der Waals surface area contributed by atoms with E-state index >= 15 is 0 Å². The Kier molecular flexibility index (Phi) is 5.94. The van der Waals surface area contributed by atoms with E-state index in [0.29, 0.717) is 26.3 Å². The number of rotatable bonds is 7. The number of morpholine rings is 1. The molecule has 1 aromatic rings. The number of benzene rings is 1. The second-order valence-electron chi connectivity index (χ2n) is 6.04. The third-order valence-corrected chi connectivity index (χ3v) is 4.48. The SMILES string of the molecule is CCc1cccc(CN(C=O)CC2(CO)COCCN2C)c1. The number of aliphatic hydroxyl groups excluding tert-OH is 1. The van der Waals surface area contributed by atoms with Gasteiger partial charge in [-0.25, -0.2) is 0 Å². The molecular formula is C17H26N2O3. The zero-order valence-corrected chi connectivity index (χ0v) is 13.5. The molecule has 5 nitrogen and oxygen atoms in total. The number of carbonyl (C=O) groups excluding carboxylic acids is 1. The van der Waals surface area contributed by atoms with E-state index in [9.17, 15) is 9.90 Å². The van der Waals surface area contributed by atoms with Crippen LogP contribution in [0.1, 0.15) is 18.1 Å². The maximum absolute atomic E-state index is 11.5. The van der Waals surface area contributed by atoms with E-state index < -0.39 is 5.54 Å². The zero-order chi connectivity index (χ0) is 16.0. The molecule has 1 aromatic carbocycles. The van der Waals surface area contributed by atoms with Crippen LogP contribution in [0, 0.1) is 0 Å². The van der Waals surface area contributed by atoms with Crippen LogP contribution in [-0.4, -0.2) is 66.8 Å². The lowest BCUT2D eigenvalue weighted by molar-refractivity contribution is -0.127. The lowest BCUT2D eigenvalue weighted by atomic mass is 9.97. The predicted molar refractivity (Wildman–Crippen MR) is 85.6 cm³/mol. The molecule has 1 saturated heterocycles. The topological polar surface area (TPSA) is 53.0 Å². The number of ether oxygens (including phenoxy) is 1. The van der Waals surface area contributed by atoms with Crippen LogP contribution in [0.3, 0.4) is 0 Å². The fraction of sp³-hybridized carbons (Fsp3) is 0.588. The molecule has 0 radical (unpaired) electrons. The average Bonchev–Trinajstić information content (AvgIpc) is 2.56. The smallest absolute Gasteiger partial charge is 0.210 e. The van der Waals surface area contributed by atoms with Gasteiger partial charge in [-0.15, -0.1) is 0 Å². The van der Waals surface area contributed by atoms with Crippen molar-refractivity contribution in [3.63, 3.8) is 0 Å². The molecule has 1 aliphatic heterocycles. The minimum absolute atomic E-state index is 0.0250. The Bertz CT molecular complexity index is 495. The molecule has 0 spiro atoms. The molecule has 1 atom stereocenters. The zero-order valence-electron chi connectivity index (χ0n) is 13.5. The van der Waals surface area contributed by atoms with Gasteiger partial charge >= 0.3 is 0 Å². The number of aryl methyl sites for hydroxylation is 1. The lowest BCUT2D eigenvalue weighted by Gasteiger charge is -2.45. The van der Waals surface area contributed by atoms with Gasteiger partial charge in [0.05, 0.1) is 25.4 Å². The highest BCUT2D eigenvalue weighted by Gasteiger charge is 2.38. The van der Waals surface area contributed by atoms with Crippen molar-refractivity contribution in [1.29, 1.82) is 0 Å². The van der Waals surface area contributed by atoms with Crippen LogP contribution in [0.5, 0.6) is 0 Å². The van der Waals surface area contributed by atoms with E-state index in [1.165, 1.54) is 5.56 Å². The van der Waals surface area contributed by atoms with Crippen molar-refractivity contribution in [2.24, 2.45) is 0 Å². The number of hydrogen-bond acceptors (Lipinski definition) is 4. The van der Waals surface area contributed by atoms with Crippen molar-refractivity contribution in [1.82, 2.24) is 9.80 Å². The number of carbonyl (C=O) groups is 1. The number of amides is 1. The van der Waals surface area contributed by atoms with Crippen molar-refractivity contribution in [2.75, 3.05) is 40.0 Å². The first-order chi connectivity index (χ1) is 10.6. The summed E-state index contributed by atoms with van der Waals surface area (Å²) < 4.78 is 5.53. The molecule has 1 heterocycles. The first-order valence-corrected chi connectivity index (χ1v) is 7.80. The van der Waals surface area contributed by atoms with E-state index in [4.69, 9.17) is 4.74 Å². The van der Waals surface area contributed by atoms with Gasteiger partial charge in [0.1, 0.15) is 0 Å². The second kappa shape index (κ2) is 7.72. The van der Waals surface area contributed by atoms with E-state index in [1.807, 2.05) is 19.2 Å². The first kappa shape index (κ1) is 16.9. The van der Waals surface area contributed by atoms with Crippen LogP contribution in [0.4, 0.5) is 0 Å². The van der Waals surface area contributed by atoms with E-state index in [2.05, 4.69) is 24.0 Å². The van der Waals surface area contributed by atoms with Gasteiger partial charge in [0.25, 0.3) is 0 Å². The number of likely N-dealkylation sites (N-methyl/N-ethyl adjacent to an activating group) is 1. The highest BCUT2D eigenvalue weighted by atomic mass is 16.5. The van der Waals surface area contributed by atoms with Gasteiger partial charge in [-0.2, -0.15) is 0 Å². The minimum Gasteiger partial charge on any atom is -0.394 e. The average molecular weight is 306 g/mol. The van der Waals surface area contributed by atoms with E-state index in [-0.39, 0.29) is 6.61 Å². The van der Waals surface area contributed by atoms with Gasteiger partial charge < -0.3 is 14.7 Å². The van der Waals surface area contributed by atoms with Gasteiger partial charge in [-0.05, 0) is 24.6 Å². The fourth-order valence-electron chi connectivity index (χ4n) is 2.88. The largest absolute Gasteiger partial charge is 0.394 e. The van der Waals surface area contributed by atoms with E-state index in [0.717, 1.165) is 24.9 Å². The lowest BCUT2D eigenvalue weighted by Crippen LogP contribution is -2.62. The molecule has 1 N–H and O–H groups in total. The molecule has 0 aliphatic carbocycles. The summed E-state index contributed by atoms with van der Waals surface area (Å²) in [5.74, 6) is 0. The highest BCUT2D eigenvalue weighted by molar-refractivity contribution is 5.48. The molecule has 0 bridgehead atoms. The predicted octanol–water partition coefficient (Wildman–Crippen LogP) is 0.901. The summed E-state index contributed by atoms with van der Waals surface area (Å²) >= 11 is 0. The molecule has 0 aromatic heterocycles. The van der Waals surface area contributed by atoms with Crippen molar-refractivity contribution in [3.8, 4) is 0 Å². The normalized spacial score (nSPS) is 22.5. The Labute approximate surface area is 132 Å². The summed E-state index contributed by atoms with van der Waals surface area (Å²) in [6, 6.07) is 8.27. The summed E-state index contributed by atoms with van der Waals surface area (Å²) in [6.45, 7) is 4.97. The quantitative estimate of drug-likeness (QED) is 0.761. The second-order valence-corrected chi connectivity index (χ2v) is 6.04. The summed E-state index contributed by atoms with van der Waals surface area (Å²) in [5, 5.41) is 9.84. The van der Waals surface area contributed by atoms with Gasteiger partial charge in [0.2, 0.25) is 6.41 Å². The first-order valence-electron chi connectivity index (χ1n) is 7.80. The number of nitrogens with zero attached hydrogens (tertiary/aromatic N) is 2. The van der Waals surface area contributed by atoms with Crippen molar-refractivity contribution in [3.05, 3.63) is 35.4 Å². The molecule has 2 rings (SSSR count). The minimum atomic E-state index is -0.512. The van der Waals surface area contributed by atoms with Crippen molar-refractivity contribution in [2.45, 2.75) is 25.4 Å². The van der Waals surface area contributed by atoms with Crippen molar-refractivity contribution >= 4 is 6.41 Å². The summed E-state index contributed by atoms with van der Waals surface area (Å²) in [5.41, 5.74) is 1.86. The number of aliphatic hydroxyl groups is 1. The molecule has 1 fully saturated rings. The van der Waals surface area contributed by atoms with Gasteiger partial charge in [-0.1, -0.05) is 31.2 Å². The molecule has 1 amide bonds. The maximum atomic E-state index is 11.5. The molecular weight excluding hydrogens is 280 g/mol. The summed E-state index contributed by atoms with van der Waals surface area (Å²) in [6.07, 6.45) is 1.84. The van der Waals surface area contributed by atoms with Gasteiger partial charge in [0.15, 0.2) is 0 Å². The Balaban J connectivity index is 2.08. The monoisotopic (exact) mass is 306 g/mol. The Morgan fingerprint density at radius 3 is 2.86 bits per heavy atom. The molecule has 122 valence electrons. The molecule has 1 aliphatic rings. The van der Waals surface area contributed by atoms with Crippen LogP contribution in [0.2, 0.25) is 0 Å². The standard InChI is InChI=1S/C17H26N2O3/c1-3-15-5-4-6-16(9-15)10-19(14-21)11-17(12-20)13-22-8-7-18(17)2/h4-6,9,14,20H,3,7-8,10-13H2,1-2H3. The van der Waals surface area contributed by atoms with E-state index in [1.54, 1.807) is 4.90 Å². The highest BCUT2D eigenvalue weighted by Crippen LogP contribution is 2.20. The van der Waals surface area contributed by atoms with Crippen LogP contribution in [-0.2, 0) is 22.5 Å². The van der Waals surface area contributed by atoms with Crippen LogP contribution >= 0.6 is 0 Å². The molecule has 1 unspecified atom stereocenters. The summed E-state index contributed by atoms with van der Waals surface area (Å²) in [4.78, 5) is 15.3. The van der Waals surface area contributed by atoms with Crippen LogP contribution < -0.4 is 0 Å². The molecule has 5 heteroatoms. The third-order valence-electron chi connectivity index (χ3n) is 4.48.